The SMILES string of the molecule is Fc1cccc(Cl)c1Cn1cc(NC(=S)Nc2cccc(C(F)(F)F)c2)cn1. The van der Waals surface area contributed by atoms with Crippen LogP contribution in [0.25, 0.3) is 0 Å². The number of benzene rings is 2. The molecule has 0 spiro atoms. The van der Waals surface area contributed by atoms with Gasteiger partial charge in [0.1, 0.15) is 5.82 Å². The summed E-state index contributed by atoms with van der Waals surface area (Å²) >= 11 is 11.1. The first-order valence-electron chi connectivity index (χ1n) is 7.93. The normalized spacial score (nSPS) is 11.3. The standard InChI is InChI=1S/C18H13ClF4N4S/c19-15-5-2-6-16(20)14(15)10-27-9-13(8-24-27)26-17(28)25-12-4-1-3-11(7-12)18(21,22)23/h1-9H,10H2,(H2,25,26,28). The summed E-state index contributed by atoms with van der Waals surface area (Å²) in [4.78, 5) is 0. The zero-order valence-corrected chi connectivity index (χ0v) is 15.7. The lowest BCUT2D eigenvalue weighted by Crippen LogP contribution is -2.19. The minimum Gasteiger partial charge on any atom is -0.332 e. The molecule has 0 aliphatic heterocycles. The van der Waals surface area contributed by atoms with Crippen LogP contribution < -0.4 is 10.6 Å². The molecule has 0 atom stereocenters. The van der Waals surface area contributed by atoms with Crippen LogP contribution in [0.15, 0.2) is 54.9 Å². The zero-order chi connectivity index (χ0) is 20.3. The quantitative estimate of drug-likeness (QED) is 0.422. The van der Waals surface area contributed by atoms with Crippen molar-refractivity contribution >= 4 is 40.3 Å². The number of hydrogen-bond donors (Lipinski definition) is 2. The fourth-order valence-electron chi connectivity index (χ4n) is 2.43. The van der Waals surface area contributed by atoms with Crippen LogP contribution in [0.1, 0.15) is 11.1 Å². The molecule has 2 aromatic carbocycles. The third kappa shape index (κ3) is 4.99. The number of thiocarbonyl (C=S) groups is 1. The smallest absolute Gasteiger partial charge is 0.332 e. The topological polar surface area (TPSA) is 41.9 Å². The predicted molar refractivity (Wildman–Crippen MR) is 104 cm³/mol. The maximum absolute atomic E-state index is 13.9. The summed E-state index contributed by atoms with van der Waals surface area (Å²) in [6.45, 7) is 0.112. The molecule has 10 heteroatoms. The number of rotatable bonds is 4. The highest BCUT2D eigenvalue weighted by Crippen LogP contribution is 2.30. The van der Waals surface area contributed by atoms with Gasteiger partial charge in [0.2, 0.25) is 0 Å². The van der Waals surface area contributed by atoms with Gasteiger partial charge in [0.05, 0.1) is 24.0 Å². The summed E-state index contributed by atoms with van der Waals surface area (Å²) in [5, 5.41) is 9.96. The van der Waals surface area contributed by atoms with Crippen molar-refractivity contribution in [1.29, 1.82) is 0 Å². The van der Waals surface area contributed by atoms with Crippen molar-refractivity contribution in [3.05, 3.63) is 76.8 Å². The van der Waals surface area contributed by atoms with E-state index in [-0.39, 0.29) is 22.4 Å². The molecule has 0 unspecified atom stereocenters. The van der Waals surface area contributed by atoms with Crippen LogP contribution in [0.2, 0.25) is 5.02 Å². The zero-order valence-electron chi connectivity index (χ0n) is 14.1. The lowest BCUT2D eigenvalue weighted by Gasteiger charge is -2.11. The van der Waals surface area contributed by atoms with Gasteiger partial charge in [-0.3, -0.25) is 4.68 Å². The Labute approximate surface area is 168 Å². The van der Waals surface area contributed by atoms with E-state index < -0.39 is 17.6 Å². The van der Waals surface area contributed by atoms with Gasteiger partial charge in [-0.2, -0.15) is 18.3 Å². The summed E-state index contributed by atoms with van der Waals surface area (Å²) in [7, 11) is 0. The molecule has 4 nitrogen and oxygen atoms in total. The maximum atomic E-state index is 13.9. The molecule has 146 valence electrons. The summed E-state index contributed by atoms with van der Waals surface area (Å²) in [6, 6.07) is 9.07. The fraction of sp³-hybridized carbons (Fsp3) is 0.111. The second-order valence-electron chi connectivity index (χ2n) is 5.78. The number of alkyl halides is 3. The van der Waals surface area contributed by atoms with Gasteiger partial charge in [-0.05, 0) is 42.5 Å². The van der Waals surface area contributed by atoms with E-state index in [1.165, 1.54) is 35.1 Å². The molecular formula is C18H13ClF4N4S. The van der Waals surface area contributed by atoms with E-state index in [0.29, 0.717) is 11.3 Å². The highest BCUT2D eigenvalue weighted by atomic mass is 35.5. The van der Waals surface area contributed by atoms with Gasteiger partial charge in [0.25, 0.3) is 0 Å². The Hall–Kier alpha value is -2.65. The molecule has 0 saturated carbocycles. The van der Waals surface area contributed by atoms with Crippen molar-refractivity contribution in [3.63, 3.8) is 0 Å². The van der Waals surface area contributed by atoms with Crippen LogP contribution in [-0.4, -0.2) is 14.9 Å². The van der Waals surface area contributed by atoms with Gasteiger partial charge >= 0.3 is 6.18 Å². The number of halogens is 5. The van der Waals surface area contributed by atoms with Crippen LogP contribution in [0.3, 0.4) is 0 Å². The summed E-state index contributed by atoms with van der Waals surface area (Å²) in [5.41, 5.74) is 0.188. The summed E-state index contributed by atoms with van der Waals surface area (Å²) < 4.78 is 53.6. The Morgan fingerprint density at radius 3 is 2.54 bits per heavy atom. The second kappa shape index (κ2) is 8.15. The van der Waals surface area contributed by atoms with Crippen molar-refractivity contribution < 1.29 is 17.6 Å². The van der Waals surface area contributed by atoms with E-state index in [9.17, 15) is 17.6 Å². The van der Waals surface area contributed by atoms with E-state index in [4.69, 9.17) is 23.8 Å². The van der Waals surface area contributed by atoms with Crippen LogP contribution in [-0.2, 0) is 12.7 Å². The van der Waals surface area contributed by atoms with Crippen molar-refractivity contribution in [2.75, 3.05) is 10.6 Å². The predicted octanol–water partition coefficient (Wildman–Crippen LogP) is 5.55. The second-order valence-corrected chi connectivity index (χ2v) is 6.60. The molecule has 0 saturated heterocycles. The van der Waals surface area contributed by atoms with Gasteiger partial charge in [0, 0.05) is 22.5 Å². The van der Waals surface area contributed by atoms with Gasteiger partial charge in [0.15, 0.2) is 5.11 Å². The molecule has 0 aliphatic rings. The van der Waals surface area contributed by atoms with E-state index in [1.807, 2.05) is 0 Å². The van der Waals surface area contributed by atoms with Crippen LogP contribution >= 0.6 is 23.8 Å². The Morgan fingerprint density at radius 2 is 1.82 bits per heavy atom. The molecule has 1 aromatic heterocycles. The van der Waals surface area contributed by atoms with Crippen LogP contribution in [0.4, 0.5) is 28.9 Å². The Balaban J connectivity index is 1.64. The molecule has 3 rings (SSSR count). The largest absolute Gasteiger partial charge is 0.416 e. The maximum Gasteiger partial charge on any atom is 0.416 e. The average Bonchev–Trinajstić information content (AvgIpc) is 3.04. The highest BCUT2D eigenvalue weighted by Gasteiger charge is 2.30. The minimum absolute atomic E-state index is 0.0859. The fourth-order valence-corrected chi connectivity index (χ4v) is 2.89. The van der Waals surface area contributed by atoms with E-state index in [1.54, 1.807) is 12.3 Å². The molecule has 0 fully saturated rings. The molecule has 3 aromatic rings. The van der Waals surface area contributed by atoms with Crippen molar-refractivity contribution in [1.82, 2.24) is 9.78 Å². The number of anilines is 2. The molecule has 28 heavy (non-hydrogen) atoms. The molecular weight excluding hydrogens is 416 g/mol. The van der Waals surface area contributed by atoms with Gasteiger partial charge in [-0.15, -0.1) is 0 Å². The number of aromatic nitrogens is 2. The molecule has 2 N–H and O–H groups in total. The van der Waals surface area contributed by atoms with Crippen molar-refractivity contribution in [2.45, 2.75) is 12.7 Å². The third-order valence-corrected chi connectivity index (χ3v) is 4.28. The third-order valence-electron chi connectivity index (χ3n) is 3.72. The number of nitrogens with one attached hydrogen (secondary N) is 2. The summed E-state index contributed by atoms with van der Waals surface area (Å²) in [5.74, 6) is -0.445. The van der Waals surface area contributed by atoms with Crippen molar-refractivity contribution in [2.24, 2.45) is 0 Å². The van der Waals surface area contributed by atoms with Gasteiger partial charge in [-0.25, -0.2) is 4.39 Å². The Kier molecular flexibility index (Phi) is 5.85. The van der Waals surface area contributed by atoms with E-state index in [0.717, 1.165) is 12.1 Å². The van der Waals surface area contributed by atoms with Gasteiger partial charge in [-0.1, -0.05) is 23.7 Å². The minimum atomic E-state index is -4.44. The lowest BCUT2D eigenvalue weighted by atomic mass is 10.2. The van der Waals surface area contributed by atoms with Crippen LogP contribution in [0, 0.1) is 5.82 Å². The highest BCUT2D eigenvalue weighted by molar-refractivity contribution is 7.80. The van der Waals surface area contributed by atoms with E-state index >= 15 is 0 Å². The monoisotopic (exact) mass is 428 g/mol. The van der Waals surface area contributed by atoms with Crippen LogP contribution in [0.5, 0.6) is 0 Å². The summed E-state index contributed by atoms with van der Waals surface area (Å²) in [6.07, 6.45) is -1.42. The molecule has 1 heterocycles. The first-order chi connectivity index (χ1) is 13.2. The molecule has 0 amide bonds. The number of nitrogens with zero attached hydrogens (tertiary/aromatic N) is 2. The number of hydrogen-bond acceptors (Lipinski definition) is 2. The lowest BCUT2D eigenvalue weighted by molar-refractivity contribution is -0.137. The van der Waals surface area contributed by atoms with E-state index in [2.05, 4.69) is 15.7 Å². The molecule has 0 aliphatic carbocycles. The Bertz CT molecular complexity index is 983. The first-order valence-corrected chi connectivity index (χ1v) is 8.71. The Morgan fingerprint density at radius 1 is 1.11 bits per heavy atom. The van der Waals surface area contributed by atoms with Gasteiger partial charge < -0.3 is 10.6 Å². The first kappa shape index (κ1) is 20.1. The van der Waals surface area contributed by atoms with Crippen molar-refractivity contribution in [3.8, 4) is 0 Å². The molecule has 0 radical (unpaired) electrons. The molecule has 0 bridgehead atoms. The average molecular weight is 429 g/mol.